The van der Waals surface area contributed by atoms with E-state index >= 15 is 0 Å². The number of nitrogens with zero attached hydrogens (tertiary/aromatic N) is 3. The second-order valence-corrected chi connectivity index (χ2v) is 4.37. The molecule has 2 rings (SSSR count). The molecule has 0 aromatic carbocycles. The fourth-order valence-corrected chi connectivity index (χ4v) is 1.99. The van der Waals surface area contributed by atoms with E-state index in [1.807, 2.05) is 7.05 Å². The van der Waals surface area contributed by atoms with Crippen LogP contribution in [0.1, 0.15) is 24.6 Å². The van der Waals surface area contributed by atoms with Crippen molar-refractivity contribution in [2.45, 2.75) is 23.9 Å². The fourth-order valence-electron chi connectivity index (χ4n) is 1.30. The van der Waals surface area contributed by atoms with Gasteiger partial charge in [-0.2, -0.15) is 0 Å². The second-order valence-electron chi connectivity index (χ2n) is 3.31. The lowest BCUT2D eigenvalue weighted by atomic mass is 10.4. The molecule has 1 aliphatic rings. The maximum atomic E-state index is 5.43. The molecule has 15 heavy (non-hydrogen) atoms. The number of nitrogens with two attached hydrogens (primary N) is 1. The molecule has 1 heterocycles. The highest BCUT2D eigenvalue weighted by Crippen LogP contribution is 2.39. The molecule has 0 saturated heterocycles. The molecule has 0 spiro atoms. The van der Waals surface area contributed by atoms with Gasteiger partial charge in [-0.05, 0) is 12.8 Å². The van der Waals surface area contributed by atoms with Crippen LogP contribution in [0.25, 0.3) is 0 Å². The number of aromatic nitrogens is 3. The molecule has 7 heteroatoms. The number of hydrogen-bond acceptors (Lipinski definition) is 4. The maximum Gasteiger partial charge on any atom is 0.191 e. The second kappa shape index (κ2) is 6.88. The zero-order valence-electron chi connectivity index (χ0n) is 8.55. The van der Waals surface area contributed by atoms with Crippen molar-refractivity contribution in [3.05, 3.63) is 5.82 Å². The Balaban J connectivity index is 0.000000980. The summed E-state index contributed by atoms with van der Waals surface area (Å²) in [6.45, 7) is 0.691. The molecule has 1 fully saturated rings. The van der Waals surface area contributed by atoms with Gasteiger partial charge in [0.25, 0.3) is 0 Å². The number of thioether (sulfide) groups is 1. The summed E-state index contributed by atoms with van der Waals surface area (Å²) in [6, 6.07) is 0. The Morgan fingerprint density at radius 1 is 1.40 bits per heavy atom. The third-order valence-electron chi connectivity index (χ3n) is 2.16. The van der Waals surface area contributed by atoms with E-state index in [1.54, 1.807) is 11.8 Å². The first-order valence-corrected chi connectivity index (χ1v) is 5.53. The molecular formula is C8H16Br2N4S. The van der Waals surface area contributed by atoms with Crippen molar-refractivity contribution < 1.29 is 0 Å². The van der Waals surface area contributed by atoms with Crippen LogP contribution in [0.15, 0.2) is 5.16 Å². The molecule has 2 N–H and O–H groups in total. The SMILES string of the molecule is Br.Br.Cn1c(SCCN)nnc1C1CC1. The first-order valence-electron chi connectivity index (χ1n) is 4.55. The van der Waals surface area contributed by atoms with E-state index in [-0.39, 0.29) is 34.0 Å². The zero-order valence-corrected chi connectivity index (χ0v) is 12.8. The van der Waals surface area contributed by atoms with E-state index in [2.05, 4.69) is 14.8 Å². The quantitative estimate of drug-likeness (QED) is 0.834. The van der Waals surface area contributed by atoms with Gasteiger partial charge in [-0.3, -0.25) is 0 Å². The molecule has 0 aliphatic heterocycles. The summed E-state index contributed by atoms with van der Waals surface area (Å²) in [5, 5.41) is 9.31. The van der Waals surface area contributed by atoms with E-state index < -0.39 is 0 Å². The molecular weight excluding hydrogens is 344 g/mol. The van der Waals surface area contributed by atoms with Gasteiger partial charge in [-0.25, -0.2) is 0 Å². The molecule has 1 aromatic heterocycles. The Kier molecular flexibility index (Phi) is 7.07. The predicted molar refractivity (Wildman–Crippen MR) is 73.4 cm³/mol. The first kappa shape index (κ1) is 15.4. The van der Waals surface area contributed by atoms with E-state index in [0.29, 0.717) is 12.5 Å². The number of halogens is 2. The minimum atomic E-state index is 0. The molecule has 4 nitrogen and oxygen atoms in total. The lowest BCUT2D eigenvalue weighted by Gasteiger charge is -2.00. The van der Waals surface area contributed by atoms with Crippen molar-refractivity contribution in [2.75, 3.05) is 12.3 Å². The first-order chi connectivity index (χ1) is 6.33. The van der Waals surface area contributed by atoms with Crippen molar-refractivity contribution in [3.8, 4) is 0 Å². The molecule has 0 radical (unpaired) electrons. The van der Waals surface area contributed by atoms with Crippen molar-refractivity contribution >= 4 is 45.7 Å². The van der Waals surface area contributed by atoms with Crippen LogP contribution in [0.5, 0.6) is 0 Å². The molecule has 0 atom stereocenters. The normalized spacial score (nSPS) is 14.3. The molecule has 1 aromatic rings. The van der Waals surface area contributed by atoms with Gasteiger partial charge >= 0.3 is 0 Å². The summed E-state index contributed by atoms with van der Waals surface area (Å²) in [5.74, 6) is 2.72. The Bertz CT molecular complexity index is 301. The fraction of sp³-hybridized carbons (Fsp3) is 0.750. The standard InChI is InChI=1S/C8H14N4S.2BrH/c1-12-7(6-2-3-6)10-11-8(12)13-5-4-9;;/h6H,2-5,9H2,1H3;2*1H. The largest absolute Gasteiger partial charge is 0.330 e. The van der Waals surface area contributed by atoms with Gasteiger partial charge in [-0.1, -0.05) is 11.8 Å². The average molecular weight is 360 g/mol. The van der Waals surface area contributed by atoms with Crippen molar-refractivity contribution in [1.82, 2.24) is 14.8 Å². The van der Waals surface area contributed by atoms with Crippen LogP contribution in [-0.2, 0) is 7.05 Å². The van der Waals surface area contributed by atoms with Crippen LogP contribution in [0.2, 0.25) is 0 Å². The highest BCUT2D eigenvalue weighted by molar-refractivity contribution is 8.93. The van der Waals surface area contributed by atoms with Gasteiger partial charge in [0.2, 0.25) is 0 Å². The summed E-state index contributed by atoms with van der Waals surface area (Å²) in [4.78, 5) is 0. The summed E-state index contributed by atoms with van der Waals surface area (Å²) in [6.07, 6.45) is 2.54. The number of hydrogen-bond donors (Lipinski definition) is 1. The summed E-state index contributed by atoms with van der Waals surface area (Å²) in [5.41, 5.74) is 5.43. The lowest BCUT2D eigenvalue weighted by Crippen LogP contribution is -2.03. The highest BCUT2D eigenvalue weighted by atomic mass is 79.9. The van der Waals surface area contributed by atoms with Crippen LogP contribution in [0, 0.1) is 0 Å². The molecule has 1 aliphatic carbocycles. The minimum Gasteiger partial charge on any atom is -0.330 e. The van der Waals surface area contributed by atoms with Crippen LogP contribution in [-0.4, -0.2) is 27.1 Å². The number of rotatable bonds is 4. The zero-order chi connectivity index (χ0) is 9.26. The molecule has 0 amide bonds. The minimum absolute atomic E-state index is 0. The molecule has 0 unspecified atom stereocenters. The highest BCUT2D eigenvalue weighted by Gasteiger charge is 2.29. The summed E-state index contributed by atoms with van der Waals surface area (Å²) >= 11 is 1.68. The third-order valence-corrected chi connectivity index (χ3v) is 3.21. The lowest BCUT2D eigenvalue weighted by molar-refractivity contribution is 0.736. The van der Waals surface area contributed by atoms with Crippen LogP contribution >= 0.6 is 45.7 Å². The van der Waals surface area contributed by atoms with Gasteiger partial charge in [0.05, 0.1) is 0 Å². The Labute approximate surface area is 115 Å². The van der Waals surface area contributed by atoms with Crippen molar-refractivity contribution in [3.63, 3.8) is 0 Å². The van der Waals surface area contributed by atoms with Crippen molar-refractivity contribution in [1.29, 1.82) is 0 Å². The van der Waals surface area contributed by atoms with Gasteiger partial charge in [0.1, 0.15) is 5.82 Å². The Hall–Kier alpha value is 0.410. The Morgan fingerprint density at radius 2 is 2.07 bits per heavy atom. The van der Waals surface area contributed by atoms with Crippen molar-refractivity contribution in [2.24, 2.45) is 12.8 Å². The molecule has 88 valence electrons. The topological polar surface area (TPSA) is 56.7 Å². The summed E-state index contributed by atoms with van der Waals surface area (Å²) in [7, 11) is 2.03. The van der Waals surface area contributed by atoms with Crippen LogP contribution in [0.3, 0.4) is 0 Å². The molecule has 0 bridgehead atoms. The van der Waals surface area contributed by atoms with Gasteiger partial charge in [0.15, 0.2) is 5.16 Å². The van der Waals surface area contributed by atoms with Gasteiger partial charge < -0.3 is 10.3 Å². The van der Waals surface area contributed by atoms with E-state index in [1.165, 1.54) is 12.8 Å². The van der Waals surface area contributed by atoms with E-state index in [4.69, 9.17) is 5.73 Å². The molecule has 1 saturated carbocycles. The monoisotopic (exact) mass is 358 g/mol. The van der Waals surface area contributed by atoms with Crippen LogP contribution in [0.4, 0.5) is 0 Å². The Morgan fingerprint density at radius 3 is 2.60 bits per heavy atom. The third kappa shape index (κ3) is 3.72. The van der Waals surface area contributed by atoms with Gasteiger partial charge in [0, 0.05) is 25.3 Å². The average Bonchev–Trinajstić information content (AvgIpc) is 2.89. The van der Waals surface area contributed by atoms with E-state index in [0.717, 1.165) is 16.7 Å². The summed E-state index contributed by atoms with van der Waals surface area (Å²) < 4.78 is 2.10. The maximum absolute atomic E-state index is 5.43. The van der Waals surface area contributed by atoms with Crippen LogP contribution < -0.4 is 5.73 Å². The van der Waals surface area contributed by atoms with Gasteiger partial charge in [-0.15, -0.1) is 44.2 Å². The smallest absolute Gasteiger partial charge is 0.191 e. The van der Waals surface area contributed by atoms with E-state index in [9.17, 15) is 0 Å². The predicted octanol–water partition coefficient (Wildman–Crippen LogP) is 1.90.